The van der Waals surface area contributed by atoms with E-state index in [0.717, 1.165) is 0 Å². The lowest BCUT2D eigenvalue weighted by Crippen LogP contribution is -2.21. The zero-order valence-corrected chi connectivity index (χ0v) is 18.6. The van der Waals surface area contributed by atoms with Crippen LogP contribution in [0.2, 0.25) is 10.0 Å². The fourth-order valence-corrected chi connectivity index (χ4v) is 3.65. The fraction of sp³-hybridized carbons (Fsp3) is 0.0870. The van der Waals surface area contributed by atoms with Crippen LogP contribution in [0.5, 0.6) is 11.6 Å². The average molecular weight is 470 g/mol. The van der Waals surface area contributed by atoms with Crippen LogP contribution in [0.3, 0.4) is 0 Å². The fourth-order valence-electron chi connectivity index (χ4n) is 3.18. The highest BCUT2D eigenvalue weighted by molar-refractivity contribution is 6.37. The van der Waals surface area contributed by atoms with Crippen molar-refractivity contribution in [1.82, 2.24) is 14.7 Å². The third kappa shape index (κ3) is 4.00. The molecule has 0 bridgehead atoms. The number of aromatic carboxylic acids is 1. The summed E-state index contributed by atoms with van der Waals surface area (Å²) in [5.41, 5.74) is 1.88. The number of hydrogen-bond acceptors (Lipinski definition) is 4. The number of rotatable bonds is 5. The molecule has 1 aromatic heterocycles. The standard InChI is InChI=1S/C23H17Cl2N3O4/c1-27(2)22(29)14-8-11-19-16(12-14)21(32-20-17(24)4-3-5-18(20)25)26-28(19)15-9-6-13(7-10-15)23(30)31/h3-12H,1-2H3,(H,30,31). The molecule has 0 saturated heterocycles. The number of fused-ring (bicyclic) bond motifs is 1. The number of carboxylic acid groups (broad SMARTS) is 1. The number of ether oxygens (including phenoxy) is 1. The SMILES string of the molecule is CN(C)C(=O)c1ccc2c(c1)c(Oc1c(Cl)cccc1Cl)nn2-c1ccc(C(=O)O)cc1. The van der Waals surface area contributed by atoms with E-state index in [4.69, 9.17) is 33.0 Å². The summed E-state index contributed by atoms with van der Waals surface area (Å²) in [6.45, 7) is 0. The van der Waals surface area contributed by atoms with Crippen molar-refractivity contribution in [3.8, 4) is 17.3 Å². The molecule has 0 saturated carbocycles. The van der Waals surface area contributed by atoms with E-state index in [9.17, 15) is 9.59 Å². The van der Waals surface area contributed by atoms with Gasteiger partial charge in [0.1, 0.15) is 0 Å². The summed E-state index contributed by atoms with van der Waals surface area (Å²) in [7, 11) is 3.34. The zero-order valence-electron chi connectivity index (χ0n) is 17.0. The number of aromatic nitrogens is 2. The van der Waals surface area contributed by atoms with Crippen molar-refractivity contribution in [2.24, 2.45) is 0 Å². The molecular formula is C23H17Cl2N3O4. The summed E-state index contributed by atoms with van der Waals surface area (Å²) in [6, 6.07) is 16.4. The van der Waals surface area contributed by atoms with Crippen LogP contribution in [0.25, 0.3) is 16.6 Å². The van der Waals surface area contributed by atoms with Crippen LogP contribution in [0, 0.1) is 0 Å². The molecule has 4 rings (SSSR count). The summed E-state index contributed by atoms with van der Waals surface area (Å²) >= 11 is 12.5. The Morgan fingerprint density at radius 3 is 2.19 bits per heavy atom. The van der Waals surface area contributed by atoms with Crippen molar-refractivity contribution >= 4 is 46.0 Å². The second kappa shape index (κ2) is 8.53. The molecule has 0 spiro atoms. The van der Waals surface area contributed by atoms with E-state index in [0.29, 0.717) is 32.2 Å². The zero-order chi connectivity index (χ0) is 23.0. The number of halogens is 2. The van der Waals surface area contributed by atoms with Crippen LogP contribution < -0.4 is 4.74 Å². The quantitative estimate of drug-likeness (QED) is 0.415. The van der Waals surface area contributed by atoms with E-state index in [1.807, 2.05) is 0 Å². The molecule has 7 nitrogen and oxygen atoms in total. The van der Waals surface area contributed by atoms with Gasteiger partial charge in [-0.15, -0.1) is 5.10 Å². The minimum absolute atomic E-state index is 0.156. The Balaban J connectivity index is 1.89. The Bertz CT molecular complexity index is 1330. The lowest BCUT2D eigenvalue weighted by molar-refractivity contribution is 0.0696. The normalized spacial score (nSPS) is 10.9. The Morgan fingerprint density at radius 1 is 0.969 bits per heavy atom. The molecule has 9 heteroatoms. The molecule has 0 aliphatic heterocycles. The smallest absolute Gasteiger partial charge is 0.335 e. The van der Waals surface area contributed by atoms with E-state index >= 15 is 0 Å². The third-order valence-electron chi connectivity index (χ3n) is 4.78. The van der Waals surface area contributed by atoms with Gasteiger partial charge in [0.15, 0.2) is 5.75 Å². The first-order chi connectivity index (χ1) is 15.3. The molecule has 3 aromatic carbocycles. The molecule has 1 amide bonds. The van der Waals surface area contributed by atoms with Gasteiger partial charge in [-0.1, -0.05) is 29.3 Å². The highest BCUT2D eigenvalue weighted by Crippen LogP contribution is 2.39. The Hall–Kier alpha value is -3.55. The summed E-state index contributed by atoms with van der Waals surface area (Å²) in [5, 5.41) is 14.9. The van der Waals surface area contributed by atoms with Gasteiger partial charge in [0.05, 0.1) is 32.2 Å². The van der Waals surface area contributed by atoms with Crippen LogP contribution in [0.1, 0.15) is 20.7 Å². The molecule has 0 aliphatic rings. The largest absolute Gasteiger partial charge is 0.478 e. The Morgan fingerprint density at radius 2 is 1.59 bits per heavy atom. The molecule has 0 radical (unpaired) electrons. The number of hydrogen-bond donors (Lipinski definition) is 1. The number of carbonyl (C=O) groups is 2. The number of carboxylic acids is 1. The van der Waals surface area contributed by atoms with E-state index in [1.54, 1.807) is 67.3 Å². The van der Waals surface area contributed by atoms with E-state index in [2.05, 4.69) is 5.10 Å². The molecule has 1 heterocycles. The maximum absolute atomic E-state index is 12.5. The van der Waals surface area contributed by atoms with Crippen molar-refractivity contribution in [3.05, 3.63) is 81.8 Å². The Labute approximate surface area is 193 Å². The second-order valence-corrected chi connectivity index (χ2v) is 7.97. The minimum atomic E-state index is -1.02. The number of amides is 1. The number of carbonyl (C=O) groups excluding carboxylic acids is 1. The van der Waals surface area contributed by atoms with Crippen LogP contribution in [0.4, 0.5) is 0 Å². The van der Waals surface area contributed by atoms with Gasteiger partial charge >= 0.3 is 5.97 Å². The van der Waals surface area contributed by atoms with Crippen LogP contribution in [-0.4, -0.2) is 45.8 Å². The van der Waals surface area contributed by atoms with E-state index in [-0.39, 0.29) is 23.1 Å². The van der Waals surface area contributed by atoms with Gasteiger partial charge in [0.25, 0.3) is 5.91 Å². The predicted octanol–water partition coefficient (Wildman–Crippen LogP) is 5.52. The van der Waals surface area contributed by atoms with Crippen LogP contribution >= 0.6 is 23.2 Å². The topological polar surface area (TPSA) is 84.7 Å². The van der Waals surface area contributed by atoms with Gasteiger partial charge in [0.2, 0.25) is 5.88 Å². The molecule has 32 heavy (non-hydrogen) atoms. The van der Waals surface area contributed by atoms with E-state index in [1.165, 1.54) is 17.0 Å². The van der Waals surface area contributed by atoms with Gasteiger partial charge in [0, 0.05) is 19.7 Å². The molecule has 0 atom stereocenters. The second-order valence-electron chi connectivity index (χ2n) is 7.15. The van der Waals surface area contributed by atoms with Crippen molar-refractivity contribution in [2.75, 3.05) is 14.1 Å². The first-order valence-corrected chi connectivity index (χ1v) is 10.2. The molecule has 0 fully saturated rings. The van der Waals surface area contributed by atoms with Crippen molar-refractivity contribution in [1.29, 1.82) is 0 Å². The van der Waals surface area contributed by atoms with Crippen LogP contribution in [-0.2, 0) is 0 Å². The first-order valence-electron chi connectivity index (χ1n) is 9.46. The third-order valence-corrected chi connectivity index (χ3v) is 5.37. The minimum Gasteiger partial charge on any atom is -0.478 e. The summed E-state index contributed by atoms with van der Waals surface area (Å²) in [4.78, 5) is 25.2. The van der Waals surface area contributed by atoms with Crippen molar-refractivity contribution < 1.29 is 19.4 Å². The molecule has 0 aliphatic carbocycles. The summed E-state index contributed by atoms with van der Waals surface area (Å²) < 4.78 is 7.60. The van der Waals surface area contributed by atoms with Crippen LogP contribution in [0.15, 0.2) is 60.7 Å². The molecular weight excluding hydrogens is 453 g/mol. The van der Waals surface area contributed by atoms with Gasteiger partial charge in [-0.3, -0.25) is 4.79 Å². The highest BCUT2D eigenvalue weighted by Gasteiger charge is 2.19. The molecule has 162 valence electrons. The molecule has 4 aromatic rings. The number of para-hydroxylation sites is 1. The average Bonchev–Trinajstić information content (AvgIpc) is 3.13. The molecule has 1 N–H and O–H groups in total. The lowest BCUT2D eigenvalue weighted by atomic mass is 10.1. The van der Waals surface area contributed by atoms with Crippen molar-refractivity contribution in [2.45, 2.75) is 0 Å². The maximum atomic E-state index is 12.5. The van der Waals surface area contributed by atoms with Gasteiger partial charge in [-0.05, 0) is 54.6 Å². The van der Waals surface area contributed by atoms with Gasteiger partial charge < -0.3 is 14.7 Å². The van der Waals surface area contributed by atoms with Gasteiger partial charge in [-0.2, -0.15) is 0 Å². The number of nitrogens with zero attached hydrogens (tertiary/aromatic N) is 3. The monoisotopic (exact) mass is 469 g/mol. The lowest BCUT2D eigenvalue weighted by Gasteiger charge is -2.10. The summed E-state index contributed by atoms with van der Waals surface area (Å²) in [6.07, 6.45) is 0. The summed E-state index contributed by atoms with van der Waals surface area (Å²) in [5.74, 6) is -0.753. The van der Waals surface area contributed by atoms with Gasteiger partial charge in [-0.25, -0.2) is 9.48 Å². The predicted molar refractivity (Wildman–Crippen MR) is 123 cm³/mol. The van der Waals surface area contributed by atoms with Crippen molar-refractivity contribution in [3.63, 3.8) is 0 Å². The highest BCUT2D eigenvalue weighted by atomic mass is 35.5. The molecule has 0 unspecified atom stereocenters. The Kier molecular flexibility index (Phi) is 5.78. The van der Waals surface area contributed by atoms with E-state index < -0.39 is 5.97 Å². The maximum Gasteiger partial charge on any atom is 0.335 e. The first kappa shape index (κ1) is 21.7. The number of benzene rings is 3.